The van der Waals surface area contributed by atoms with Crippen LogP contribution in [0.15, 0.2) is 46.9 Å². The van der Waals surface area contributed by atoms with Crippen molar-refractivity contribution in [2.24, 2.45) is 46.3 Å². The lowest BCUT2D eigenvalue weighted by molar-refractivity contribution is -0.0497. The molecule has 1 aromatic rings. The Labute approximate surface area is 215 Å². The minimum atomic E-state index is 0.485. The molecule has 4 aliphatic carbocycles. The molecule has 3 fully saturated rings. The first kappa shape index (κ1) is 25.0. The van der Waals surface area contributed by atoms with E-state index in [0.29, 0.717) is 10.8 Å². The van der Waals surface area contributed by atoms with Crippen LogP contribution in [0.3, 0.4) is 0 Å². The van der Waals surface area contributed by atoms with Gasteiger partial charge in [-0.3, -0.25) is 0 Å². The summed E-state index contributed by atoms with van der Waals surface area (Å²) < 4.78 is 0. The van der Waals surface area contributed by atoms with Crippen molar-refractivity contribution in [3.8, 4) is 0 Å². The lowest BCUT2D eigenvalue weighted by Gasteiger charge is -2.58. The van der Waals surface area contributed by atoms with Gasteiger partial charge in [-0.1, -0.05) is 83.7 Å². The molecule has 8 atom stereocenters. The third-order valence-electron chi connectivity index (χ3n) is 11.3. The predicted molar refractivity (Wildman–Crippen MR) is 149 cm³/mol. The van der Waals surface area contributed by atoms with Crippen molar-refractivity contribution in [3.05, 3.63) is 42.0 Å². The molecule has 0 bridgehead atoms. The molecule has 0 spiro atoms. The highest BCUT2D eigenvalue weighted by atomic mass is 32.2. The zero-order chi connectivity index (χ0) is 23.9. The maximum Gasteiger partial charge on any atom is 0.0132 e. The maximum atomic E-state index is 2.77. The SMILES string of the molecule is CC(C)CCC[C@@H](C)[C@H]1CC[C@H]2[C@@H]3CC=C4C[C@@H](Sc5ccccc5)CC[C@]4(C)[C@H]3CC[C@]12C. The summed E-state index contributed by atoms with van der Waals surface area (Å²) in [7, 11) is 0. The summed E-state index contributed by atoms with van der Waals surface area (Å²) in [5, 5.41) is 0.773. The van der Waals surface area contributed by atoms with E-state index in [0.717, 1.165) is 40.8 Å². The van der Waals surface area contributed by atoms with Crippen LogP contribution in [0.2, 0.25) is 0 Å². The van der Waals surface area contributed by atoms with Gasteiger partial charge in [-0.05, 0) is 110 Å². The van der Waals surface area contributed by atoms with Gasteiger partial charge in [-0.25, -0.2) is 0 Å². The van der Waals surface area contributed by atoms with Gasteiger partial charge in [0.1, 0.15) is 0 Å². The maximum absolute atomic E-state index is 2.77. The Balaban J connectivity index is 1.27. The molecule has 0 aromatic heterocycles. The molecule has 1 aromatic carbocycles. The number of allylic oxidation sites excluding steroid dienone is 2. The Hall–Kier alpha value is -0.690. The van der Waals surface area contributed by atoms with Gasteiger partial charge in [0, 0.05) is 10.1 Å². The summed E-state index contributed by atoms with van der Waals surface area (Å²) in [5.41, 5.74) is 2.94. The summed E-state index contributed by atoms with van der Waals surface area (Å²) >= 11 is 2.13. The topological polar surface area (TPSA) is 0 Å². The van der Waals surface area contributed by atoms with Gasteiger partial charge in [0.15, 0.2) is 0 Å². The lowest BCUT2D eigenvalue weighted by atomic mass is 9.47. The Kier molecular flexibility index (Phi) is 7.34. The van der Waals surface area contributed by atoms with Crippen molar-refractivity contribution >= 4 is 11.8 Å². The number of fused-ring (bicyclic) bond motifs is 5. The van der Waals surface area contributed by atoms with Crippen LogP contribution in [0.1, 0.15) is 105 Å². The first-order valence-corrected chi connectivity index (χ1v) is 15.6. The highest BCUT2D eigenvalue weighted by Crippen LogP contribution is 2.67. The van der Waals surface area contributed by atoms with Crippen molar-refractivity contribution in [2.45, 2.75) is 115 Å². The lowest BCUT2D eigenvalue weighted by Crippen LogP contribution is -2.50. The molecule has 0 aliphatic heterocycles. The zero-order valence-corrected chi connectivity index (χ0v) is 23.5. The fourth-order valence-electron chi connectivity index (χ4n) is 9.44. The van der Waals surface area contributed by atoms with E-state index in [-0.39, 0.29) is 0 Å². The van der Waals surface area contributed by atoms with E-state index in [4.69, 9.17) is 0 Å². The first-order valence-electron chi connectivity index (χ1n) is 14.7. The van der Waals surface area contributed by atoms with Crippen molar-refractivity contribution in [1.82, 2.24) is 0 Å². The molecule has 34 heavy (non-hydrogen) atoms. The normalized spacial score (nSPS) is 40.3. The summed E-state index contributed by atoms with van der Waals surface area (Å²) in [6.07, 6.45) is 18.6. The standard InChI is InChI=1S/C33H50S/c1-23(2)10-9-11-24(3)29-16-17-30-28-15-14-25-22-27(34-26-12-7-6-8-13-26)18-20-32(25,4)31(28)19-21-33(29,30)5/h6-8,12-14,23-24,27-31H,9-11,15-22H2,1-5H3/t24-,27+,28+,29-,30+,31+,32+,33-/m1/s1. The predicted octanol–water partition coefficient (Wildman–Crippen LogP) is 10.2. The highest BCUT2D eigenvalue weighted by Gasteiger charge is 2.59. The summed E-state index contributed by atoms with van der Waals surface area (Å²) in [6.45, 7) is 12.8. The fourth-order valence-corrected chi connectivity index (χ4v) is 10.6. The Morgan fingerprint density at radius 2 is 1.71 bits per heavy atom. The molecule has 1 heteroatoms. The molecular formula is C33H50S. The summed E-state index contributed by atoms with van der Waals surface area (Å²) in [4.78, 5) is 1.46. The largest absolute Gasteiger partial charge is 0.122 e. The van der Waals surface area contributed by atoms with Crippen molar-refractivity contribution in [2.75, 3.05) is 0 Å². The third kappa shape index (κ3) is 4.57. The number of thioether (sulfide) groups is 1. The van der Waals surface area contributed by atoms with Gasteiger partial charge < -0.3 is 0 Å². The van der Waals surface area contributed by atoms with Crippen LogP contribution in [0, 0.1) is 46.3 Å². The first-order chi connectivity index (χ1) is 16.3. The van der Waals surface area contributed by atoms with Crippen LogP contribution in [0.25, 0.3) is 0 Å². The molecule has 0 saturated heterocycles. The second-order valence-corrected chi connectivity index (χ2v) is 15.0. The van der Waals surface area contributed by atoms with Crippen LogP contribution in [0.4, 0.5) is 0 Å². The van der Waals surface area contributed by atoms with E-state index < -0.39 is 0 Å². The van der Waals surface area contributed by atoms with Crippen LogP contribution >= 0.6 is 11.8 Å². The van der Waals surface area contributed by atoms with Crippen LogP contribution < -0.4 is 0 Å². The average molecular weight is 479 g/mol. The van der Waals surface area contributed by atoms with E-state index in [1.165, 1.54) is 75.5 Å². The molecule has 0 amide bonds. The molecule has 188 valence electrons. The number of hydrogen-bond acceptors (Lipinski definition) is 1. The van der Waals surface area contributed by atoms with Crippen LogP contribution in [-0.2, 0) is 0 Å². The molecule has 5 rings (SSSR count). The monoisotopic (exact) mass is 478 g/mol. The van der Waals surface area contributed by atoms with Crippen LogP contribution in [0.5, 0.6) is 0 Å². The van der Waals surface area contributed by atoms with Gasteiger partial charge in [0.05, 0.1) is 0 Å². The molecule has 4 aliphatic rings. The van der Waals surface area contributed by atoms with Gasteiger partial charge >= 0.3 is 0 Å². The number of benzene rings is 1. The van der Waals surface area contributed by atoms with Gasteiger partial charge in [-0.2, -0.15) is 0 Å². The minimum Gasteiger partial charge on any atom is -0.122 e. The highest BCUT2D eigenvalue weighted by molar-refractivity contribution is 8.00. The Bertz CT molecular complexity index is 855. The Morgan fingerprint density at radius 3 is 2.47 bits per heavy atom. The minimum absolute atomic E-state index is 0.485. The zero-order valence-electron chi connectivity index (χ0n) is 22.7. The molecule has 0 radical (unpaired) electrons. The fraction of sp³-hybridized carbons (Fsp3) is 0.758. The summed E-state index contributed by atoms with van der Waals surface area (Å²) in [5.74, 6) is 5.64. The van der Waals surface area contributed by atoms with Gasteiger partial charge in [-0.15, -0.1) is 11.8 Å². The Morgan fingerprint density at radius 1 is 0.912 bits per heavy atom. The molecule has 0 nitrogen and oxygen atoms in total. The molecule has 3 saturated carbocycles. The quantitative estimate of drug-likeness (QED) is 0.351. The molecular weight excluding hydrogens is 428 g/mol. The van der Waals surface area contributed by atoms with Crippen molar-refractivity contribution < 1.29 is 0 Å². The summed E-state index contributed by atoms with van der Waals surface area (Å²) in [6, 6.07) is 11.1. The van der Waals surface area contributed by atoms with Crippen molar-refractivity contribution in [3.63, 3.8) is 0 Å². The van der Waals surface area contributed by atoms with E-state index in [1.807, 2.05) is 5.57 Å². The smallest absolute Gasteiger partial charge is 0.0132 e. The number of rotatable bonds is 7. The average Bonchev–Trinajstić information content (AvgIpc) is 3.17. The van der Waals surface area contributed by atoms with Crippen LogP contribution in [-0.4, -0.2) is 5.25 Å². The molecule has 0 N–H and O–H groups in total. The van der Waals surface area contributed by atoms with E-state index >= 15 is 0 Å². The van der Waals surface area contributed by atoms with Gasteiger partial charge in [0.2, 0.25) is 0 Å². The second kappa shape index (κ2) is 9.99. The second-order valence-electron chi connectivity index (χ2n) is 13.6. The molecule has 0 unspecified atom stereocenters. The van der Waals surface area contributed by atoms with E-state index in [9.17, 15) is 0 Å². The van der Waals surface area contributed by atoms with E-state index in [1.54, 1.807) is 0 Å². The molecule has 0 heterocycles. The van der Waals surface area contributed by atoms with E-state index in [2.05, 4.69) is 82.8 Å². The number of hydrogen-bond donors (Lipinski definition) is 0. The van der Waals surface area contributed by atoms with Gasteiger partial charge in [0.25, 0.3) is 0 Å². The van der Waals surface area contributed by atoms with Crippen molar-refractivity contribution in [1.29, 1.82) is 0 Å². The third-order valence-corrected chi connectivity index (χ3v) is 12.6.